The molecule has 0 aliphatic heterocycles. The molecular weight excluding hydrogens is 569 g/mol. The summed E-state index contributed by atoms with van der Waals surface area (Å²) in [6, 6.07) is 4.47. The van der Waals surface area contributed by atoms with Gasteiger partial charge in [0.15, 0.2) is 5.96 Å². The molecule has 4 saturated carbocycles. The molecule has 7 N–H and O–H groups in total. The number of carbonyl (C=O) groups excluding carboxylic acids is 1. The smallest absolute Gasteiger partial charge is 0.275 e. The maximum atomic E-state index is 15.0. The Morgan fingerprint density at radius 1 is 1.18 bits per heavy atom. The molecule has 0 radical (unpaired) electrons. The van der Waals surface area contributed by atoms with Gasteiger partial charge in [-0.3, -0.25) is 4.79 Å². The number of guanidine groups is 1. The molecule has 0 saturated heterocycles. The topological polar surface area (TPSA) is 142 Å². The number of aliphatic hydroxyl groups excluding tert-OH is 2. The number of amides is 1. The van der Waals surface area contributed by atoms with E-state index in [1.807, 2.05) is 0 Å². The summed E-state index contributed by atoms with van der Waals surface area (Å²) in [5.41, 5.74) is 9.84. The Morgan fingerprint density at radius 3 is 2.58 bits per heavy atom. The molecule has 4 aliphatic carbocycles. The molecule has 45 heavy (non-hydrogen) atoms. The van der Waals surface area contributed by atoms with Gasteiger partial charge < -0.3 is 26.8 Å². The first kappa shape index (κ1) is 33.6. The monoisotopic (exact) mass is 621 g/mol. The molecule has 11 atom stereocenters. The summed E-state index contributed by atoms with van der Waals surface area (Å²) >= 11 is 0. The third-order valence-corrected chi connectivity index (χ3v) is 12.7. The van der Waals surface area contributed by atoms with Crippen LogP contribution in [0.2, 0.25) is 0 Å². The van der Waals surface area contributed by atoms with Gasteiger partial charge in [-0.15, -0.1) is 0 Å². The maximum absolute atomic E-state index is 15.0. The quantitative estimate of drug-likeness (QED) is 0.133. The fourth-order valence-electron chi connectivity index (χ4n) is 10.3. The highest BCUT2D eigenvalue weighted by atomic mass is 19.1. The predicted octanol–water partition coefficient (Wildman–Crippen LogP) is 5.15. The molecule has 0 spiro atoms. The van der Waals surface area contributed by atoms with Crippen molar-refractivity contribution in [3.63, 3.8) is 0 Å². The van der Waals surface area contributed by atoms with E-state index in [9.17, 15) is 20.1 Å². The number of hydrogen-bond acceptors (Lipinski definition) is 4. The van der Waals surface area contributed by atoms with Crippen molar-refractivity contribution in [3.05, 3.63) is 40.7 Å². The van der Waals surface area contributed by atoms with Gasteiger partial charge in [-0.2, -0.15) is 4.99 Å². The Morgan fingerprint density at radius 2 is 1.91 bits per heavy atom. The van der Waals surface area contributed by atoms with Gasteiger partial charge in [0.1, 0.15) is 11.4 Å². The van der Waals surface area contributed by atoms with Crippen LogP contribution >= 0.6 is 0 Å². The predicted molar refractivity (Wildman–Crippen MR) is 175 cm³/mol. The Balaban J connectivity index is 1.33. The molecule has 246 valence electrons. The zero-order valence-electron chi connectivity index (χ0n) is 27.5. The Bertz CT molecular complexity index is 1430. The van der Waals surface area contributed by atoms with Crippen molar-refractivity contribution in [1.82, 2.24) is 0 Å². The van der Waals surface area contributed by atoms with Gasteiger partial charge in [0.05, 0.1) is 17.8 Å². The molecule has 0 aromatic heterocycles. The van der Waals surface area contributed by atoms with Crippen LogP contribution in [0.25, 0.3) is 6.08 Å². The molecule has 0 heterocycles. The largest absolute Gasteiger partial charge is 0.393 e. The van der Waals surface area contributed by atoms with E-state index in [1.54, 1.807) is 13.0 Å². The highest BCUT2D eigenvalue weighted by Gasteiger charge is 2.66. The second-order valence-electron chi connectivity index (χ2n) is 15.3. The number of hydrogen-bond donors (Lipinski definition) is 5. The van der Waals surface area contributed by atoms with E-state index in [0.29, 0.717) is 49.0 Å². The number of aliphatic hydroxyl groups is 3. The number of benzene rings is 1. The lowest BCUT2D eigenvalue weighted by Crippen LogP contribution is -2.63. The maximum Gasteiger partial charge on any atom is 0.275 e. The van der Waals surface area contributed by atoms with Crippen LogP contribution in [0.1, 0.15) is 104 Å². The van der Waals surface area contributed by atoms with Crippen LogP contribution in [0, 0.1) is 64.0 Å². The van der Waals surface area contributed by atoms with Gasteiger partial charge in [0.25, 0.3) is 5.91 Å². The van der Waals surface area contributed by atoms with Gasteiger partial charge in [-0.1, -0.05) is 58.4 Å². The molecule has 1 aromatic carbocycles. The first-order valence-electron chi connectivity index (χ1n) is 16.9. The van der Waals surface area contributed by atoms with E-state index >= 15 is 4.39 Å². The Labute approximate surface area is 267 Å². The molecule has 5 rings (SSSR count). The minimum atomic E-state index is -1.29. The minimum Gasteiger partial charge on any atom is -0.393 e. The molecule has 7 nitrogen and oxygen atoms in total. The second kappa shape index (κ2) is 12.5. The summed E-state index contributed by atoms with van der Waals surface area (Å²) in [7, 11) is 0. The standard InChI is InChI=1S/C37H52FN3O4/c1-6-7-21(2)26-10-11-27-32-28(19-31(43)36(26,27)5)35(4)14-15-37(45,20-25(35)18-30(32)42)13-12-24-9-8-23(17-29(24)38)16-22(3)33(44)41-34(39)40/h8-9,16-17,21,25-28,30-32,42-43,45H,6-7,10-11,14-15,18-20H2,1-5H3,(H4,39,40,41,44). The number of nitrogens with two attached hydrogens (primary N) is 2. The molecule has 4 aliphatic rings. The van der Waals surface area contributed by atoms with E-state index in [4.69, 9.17) is 11.5 Å². The van der Waals surface area contributed by atoms with Crippen molar-refractivity contribution in [2.75, 3.05) is 0 Å². The third kappa shape index (κ3) is 6.08. The van der Waals surface area contributed by atoms with Gasteiger partial charge in [0.2, 0.25) is 0 Å². The molecule has 4 fully saturated rings. The number of carbonyl (C=O) groups is 1. The number of aliphatic imine (C=N–C) groups is 1. The number of fused-ring (bicyclic) bond motifs is 5. The fourth-order valence-corrected chi connectivity index (χ4v) is 10.3. The van der Waals surface area contributed by atoms with Crippen molar-refractivity contribution >= 4 is 17.9 Å². The van der Waals surface area contributed by atoms with Gasteiger partial charge >= 0.3 is 0 Å². The Kier molecular flexibility index (Phi) is 9.32. The van der Waals surface area contributed by atoms with Gasteiger partial charge in [-0.25, -0.2) is 4.39 Å². The minimum absolute atomic E-state index is 0.0534. The molecule has 0 bridgehead atoms. The van der Waals surface area contributed by atoms with Crippen molar-refractivity contribution in [1.29, 1.82) is 0 Å². The lowest BCUT2D eigenvalue weighted by molar-refractivity contribution is -0.211. The first-order chi connectivity index (χ1) is 21.1. The SMILES string of the molecule is CCCC(C)C1CCC2C3C(O)CC4CC(O)(C#Cc5ccc(C=C(C)C(=O)N=C(N)N)cc5F)CCC4(C)C3CC(O)C12C. The van der Waals surface area contributed by atoms with Crippen LogP contribution in [0.15, 0.2) is 28.8 Å². The lowest BCUT2D eigenvalue weighted by Gasteiger charge is -2.64. The van der Waals surface area contributed by atoms with E-state index in [2.05, 4.69) is 44.5 Å². The van der Waals surface area contributed by atoms with E-state index in [-0.39, 0.29) is 45.7 Å². The van der Waals surface area contributed by atoms with Crippen LogP contribution in [0.5, 0.6) is 0 Å². The zero-order valence-corrected chi connectivity index (χ0v) is 27.5. The fraction of sp³-hybridized carbons (Fsp3) is 0.676. The highest BCUT2D eigenvalue weighted by Crippen LogP contribution is 2.68. The van der Waals surface area contributed by atoms with Crippen molar-refractivity contribution in [3.8, 4) is 11.8 Å². The number of rotatable bonds is 5. The molecule has 1 aromatic rings. The third-order valence-electron chi connectivity index (χ3n) is 12.7. The van der Waals surface area contributed by atoms with Crippen LogP contribution in [0.3, 0.4) is 0 Å². The van der Waals surface area contributed by atoms with Crippen molar-refractivity contribution in [2.24, 2.45) is 62.8 Å². The first-order valence-corrected chi connectivity index (χ1v) is 16.9. The summed E-state index contributed by atoms with van der Waals surface area (Å²) in [5, 5.41) is 35.2. The van der Waals surface area contributed by atoms with E-state index < -0.39 is 29.5 Å². The molecule has 1 amide bonds. The van der Waals surface area contributed by atoms with Crippen LogP contribution in [-0.2, 0) is 4.79 Å². The van der Waals surface area contributed by atoms with E-state index in [0.717, 1.165) is 25.7 Å². The summed E-state index contributed by atoms with van der Waals surface area (Å²) < 4.78 is 15.0. The Hall–Kier alpha value is -2.73. The van der Waals surface area contributed by atoms with E-state index in [1.165, 1.54) is 24.6 Å². The zero-order chi connectivity index (χ0) is 32.9. The summed E-state index contributed by atoms with van der Waals surface area (Å²) in [6.45, 7) is 10.7. The summed E-state index contributed by atoms with van der Waals surface area (Å²) in [6.07, 6.45) is 8.07. The second-order valence-corrected chi connectivity index (χ2v) is 15.3. The summed E-state index contributed by atoms with van der Waals surface area (Å²) in [5.74, 6) is 6.12. The highest BCUT2D eigenvalue weighted by molar-refractivity contribution is 6.03. The van der Waals surface area contributed by atoms with Crippen molar-refractivity contribution in [2.45, 2.75) is 110 Å². The van der Waals surface area contributed by atoms with Gasteiger partial charge in [0, 0.05) is 5.57 Å². The van der Waals surface area contributed by atoms with Crippen molar-refractivity contribution < 1.29 is 24.5 Å². The number of nitrogens with zero attached hydrogens (tertiary/aromatic N) is 1. The average Bonchev–Trinajstić information content (AvgIpc) is 3.32. The number of halogens is 1. The summed E-state index contributed by atoms with van der Waals surface area (Å²) in [4.78, 5) is 15.5. The van der Waals surface area contributed by atoms with Crippen LogP contribution in [-0.4, -0.2) is 45.0 Å². The molecule has 11 unspecified atom stereocenters. The molecule has 8 heteroatoms. The van der Waals surface area contributed by atoms with Crippen LogP contribution in [0.4, 0.5) is 4.39 Å². The average molecular weight is 622 g/mol. The lowest BCUT2D eigenvalue weighted by atomic mass is 9.42. The van der Waals surface area contributed by atoms with Crippen LogP contribution < -0.4 is 11.5 Å². The normalized spacial score (nSPS) is 39.8. The molecular formula is C37H52FN3O4. The van der Waals surface area contributed by atoms with Gasteiger partial charge in [-0.05, 0) is 122 Å².